The number of hydrogen-bond donors (Lipinski definition) is 2. The number of imide groups is 2. The molecule has 1 aromatic heterocycles. The summed E-state index contributed by atoms with van der Waals surface area (Å²) in [5, 5.41) is 4.01. The molecule has 4 amide bonds. The van der Waals surface area contributed by atoms with E-state index in [0.717, 1.165) is 5.56 Å². The average Bonchev–Trinajstić information content (AvgIpc) is 2.92. The molecule has 0 saturated carbocycles. The first kappa shape index (κ1) is 12.8. The Balaban J connectivity index is 1.90. The van der Waals surface area contributed by atoms with E-state index < -0.39 is 17.8 Å². The van der Waals surface area contributed by atoms with Crippen molar-refractivity contribution < 1.29 is 14.4 Å². The van der Waals surface area contributed by atoms with Crippen molar-refractivity contribution in [3.05, 3.63) is 48.4 Å². The minimum Gasteiger partial charge on any atom is -0.311 e. The zero-order valence-electron chi connectivity index (χ0n) is 10.7. The Morgan fingerprint density at radius 2 is 1.67 bits per heavy atom. The first-order valence-electron chi connectivity index (χ1n) is 6.11. The molecule has 1 saturated heterocycles. The fourth-order valence-corrected chi connectivity index (χ4v) is 1.91. The topological polar surface area (TPSA) is 93.1 Å². The van der Waals surface area contributed by atoms with Gasteiger partial charge in [0.25, 0.3) is 11.8 Å². The van der Waals surface area contributed by atoms with E-state index in [1.807, 2.05) is 41.0 Å². The van der Waals surface area contributed by atoms with Gasteiger partial charge in [-0.2, -0.15) is 0 Å². The van der Waals surface area contributed by atoms with Gasteiger partial charge in [-0.3, -0.25) is 20.2 Å². The molecule has 7 nitrogen and oxygen atoms in total. The van der Waals surface area contributed by atoms with Gasteiger partial charge in [0.1, 0.15) is 5.57 Å². The number of benzene rings is 1. The van der Waals surface area contributed by atoms with Crippen molar-refractivity contribution >= 4 is 24.0 Å². The molecule has 3 rings (SSSR count). The van der Waals surface area contributed by atoms with Gasteiger partial charge in [-0.1, -0.05) is 30.3 Å². The average molecular weight is 282 g/mol. The fourth-order valence-electron chi connectivity index (χ4n) is 1.91. The molecule has 1 aromatic carbocycles. The van der Waals surface area contributed by atoms with E-state index >= 15 is 0 Å². The van der Waals surface area contributed by atoms with Gasteiger partial charge in [-0.05, 0) is 0 Å². The molecule has 0 atom stereocenters. The van der Waals surface area contributed by atoms with Crippen molar-refractivity contribution in [2.75, 3.05) is 0 Å². The van der Waals surface area contributed by atoms with Crippen molar-refractivity contribution in [2.45, 2.75) is 0 Å². The molecule has 1 fully saturated rings. The maximum Gasteiger partial charge on any atom is 0.328 e. The highest BCUT2D eigenvalue weighted by molar-refractivity contribution is 6.30. The molecule has 21 heavy (non-hydrogen) atoms. The molecule has 0 bridgehead atoms. The molecule has 0 aliphatic carbocycles. The zero-order chi connectivity index (χ0) is 14.8. The predicted octanol–water partition coefficient (Wildman–Crippen LogP) is 0.757. The lowest BCUT2D eigenvalue weighted by molar-refractivity contribution is -0.123. The molecule has 104 valence electrons. The number of amides is 4. The number of nitrogens with zero attached hydrogens (tertiary/aromatic N) is 2. The summed E-state index contributed by atoms with van der Waals surface area (Å²) in [6.07, 6.45) is 4.47. The Morgan fingerprint density at radius 3 is 2.33 bits per heavy atom. The zero-order valence-corrected chi connectivity index (χ0v) is 10.7. The molecular formula is C14H10N4O3. The highest BCUT2D eigenvalue weighted by Gasteiger charge is 2.27. The minimum absolute atomic E-state index is 0.161. The van der Waals surface area contributed by atoms with Gasteiger partial charge in [0.2, 0.25) is 0 Å². The van der Waals surface area contributed by atoms with Gasteiger partial charge in [0, 0.05) is 18.0 Å². The van der Waals surface area contributed by atoms with Crippen LogP contribution in [0, 0.1) is 0 Å². The second-order valence-corrected chi connectivity index (χ2v) is 4.35. The van der Waals surface area contributed by atoms with Gasteiger partial charge >= 0.3 is 6.03 Å². The van der Waals surface area contributed by atoms with E-state index in [4.69, 9.17) is 0 Å². The van der Waals surface area contributed by atoms with Crippen LogP contribution in [0.15, 0.2) is 48.4 Å². The predicted molar refractivity (Wildman–Crippen MR) is 73.6 cm³/mol. The Hall–Kier alpha value is -3.22. The minimum atomic E-state index is -0.822. The van der Waals surface area contributed by atoms with E-state index in [-0.39, 0.29) is 5.57 Å². The van der Waals surface area contributed by atoms with Gasteiger partial charge in [-0.25, -0.2) is 9.78 Å². The fraction of sp³-hybridized carbons (Fsp3) is 0. The SMILES string of the molecule is O=C1NC(=O)C(=Cn2cnc(-c3ccccc3)c2)C(=O)N1. The molecule has 1 aliphatic heterocycles. The summed E-state index contributed by atoms with van der Waals surface area (Å²) in [4.78, 5) is 38.4. The first-order chi connectivity index (χ1) is 10.1. The van der Waals surface area contributed by atoms with E-state index in [2.05, 4.69) is 4.98 Å². The summed E-state index contributed by atoms with van der Waals surface area (Å²) in [5.74, 6) is -1.47. The van der Waals surface area contributed by atoms with Crippen LogP contribution in [0.3, 0.4) is 0 Å². The largest absolute Gasteiger partial charge is 0.328 e. The number of barbiturate groups is 1. The molecule has 2 aromatic rings. The number of urea groups is 1. The summed E-state index contributed by atoms with van der Waals surface area (Å²) < 4.78 is 1.49. The van der Waals surface area contributed by atoms with Crippen LogP contribution in [0.5, 0.6) is 0 Å². The van der Waals surface area contributed by atoms with Crippen LogP contribution in [0.1, 0.15) is 0 Å². The third-order valence-corrected chi connectivity index (χ3v) is 2.89. The van der Waals surface area contributed by atoms with Gasteiger partial charge in [0.15, 0.2) is 0 Å². The van der Waals surface area contributed by atoms with E-state index in [1.165, 1.54) is 17.1 Å². The highest BCUT2D eigenvalue weighted by atomic mass is 16.2. The first-order valence-corrected chi connectivity index (χ1v) is 6.11. The molecule has 0 spiro atoms. The van der Waals surface area contributed by atoms with Crippen molar-refractivity contribution in [1.29, 1.82) is 0 Å². The van der Waals surface area contributed by atoms with Crippen molar-refractivity contribution in [1.82, 2.24) is 20.2 Å². The van der Waals surface area contributed by atoms with Crippen LogP contribution >= 0.6 is 0 Å². The Bertz CT molecular complexity index is 740. The van der Waals surface area contributed by atoms with Crippen LogP contribution in [-0.2, 0) is 9.59 Å². The quantitative estimate of drug-likeness (QED) is 0.628. The Morgan fingerprint density at radius 1 is 1.00 bits per heavy atom. The third kappa shape index (κ3) is 2.57. The summed E-state index contributed by atoms with van der Waals surface area (Å²) >= 11 is 0. The second-order valence-electron chi connectivity index (χ2n) is 4.35. The summed E-state index contributed by atoms with van der Waals surface area (Å²) in [6, 6.07) is 8.66. The monoisotopic (exact) mass is 282 g/mol. The number of hydrogen-bond acceptors (Lipinski definition) is 4. The van der Waals surface area contributed by atoms with Crippen LogP contribution in [0.25, 0.3) is 17.5 Å². The van der Waals surface area contributed by atoms with Crippen molar-refractivity contribution in [3.8, 4) is 11.3 Å². The smallest absolute Gasteiger partial charge is 0.311 e. The molecule has 0 unspecified atom stereocenters. The molecule has 7 heteroatoms. The standard InChI is InChI=1S/C14H10N4O3/c19-12-10(13(20)17-14(21)16-12)6-18-7-11(15-8-18)9-4-2-1-3-5-9/h1-8H,(H2,16,17,19,20,21). The van der Waals surface area contributed by atoms with Gasteiger partial charge < -0.3 is 4.57 Å². The lowest BCUT2D eigenvalue weighted by atomic mass is 10.2. The number of nitrogens with one attached hydrogen (secondary N) is 2. The lowest BCUT2D eigenvalue weighted by Crippen LogP contribution is -2.51. The third-order valence-electron chi connectivity index (χ3n) is 2.89. The molecule has 2 heterocycles. The molecule has 0 radical (unpaired) electrons. The maximum absolute atomic E-state index is 11.6. The van der Waals surface area contributed by atoms with Crippen LogP contribution in [-0.4, -0.2) is 27.4 Å². The Labute approximate surface area is 119 Å². The summed E-state index contributed by atoms with van der Waals surface area (Å²) in [5.41, 5.74) is 1.47. The van der Waals surface area contributed by atoms with E-state index in [9.17, 15) is 14.4 Å². The summed E-state index contributed by atoms with van der Waals surface area (Å²) in [6.45, 7) is 0. The lowest BCUT2D eigenvalue weighted by Gasteiger charge is -2.13. The number of aromatic nitrogens is 2. The molecule has 2 N–H and O–H groups in total. The summed E-state index contributed by atoms with van der Waals surface area (Å²) in [7, 11) is 0. The Kier molecular flexibility index (Phi) is 3.07. The van der Waals surface area contributed by atoms with Crippen LogP contribution in [0.2, 0.25) is 0 Å². The number of rotatable bonds is 2. The van der Waals surface area contributed by atoms with E-state index in [0.29, 0.717) is 5.69 Å². The normalized spacial score (nSPS) is 14.7. The van der Waals surface area contributed by atoms with Gasteiger partial charge in [-0.15, -0.1) is 0 Å². The number of imidazole rings is 1. The molecule has 1 aliphatic rings. The van der Waals surface area contributed by atoms with Crippen LogP contribution < -0.4 is 10.6 Å². The molecular weight excluding hydrogens is 272 g/mol. The van der Waals surface area contributed by atoms with Gasteiger partial charge in [0.05, 0.1) is 12.0 Å². The number of carbonyl (C=O) groups excluding carboxylic acids is 3. The van der Waals surface area contributed by atoms with Crippen LogP contribution in [0.4, 0.5) is 4.79 Å². The second kappa shape index (κ2) is 5.04. The van der Waals surface area contributed by atoms with Crippen molar-refractivity contribution in [3.63, 3.8) is 0 Å². The maximum atomic E-state index is 11.6. The highest BCUT2D eigenvalue weighted by Crippen LogP contribution is 2.16. The van der Waals surface area contributed by atoms with E-state index in [1.54, 1.807) is 6.20 Å². The van der Waals surface area contributed by atoms with Crippen molar-refractivity contribution in [2.24, 2.45) is 0 Å². The number of carbonyl (C=O) groups is 3.